The van der Waals surface area contributed by atoms with Crippen molar-refractivity contribution in [1.82, 2.24) is 14.5 Å². The molecule has 9 nitrogen and oxygen atoms in total. The van der Waals surface area contributed by atoms with Crippen LogP contribution in [-0.2, 0) is 22.5 Å². The van der Waals surface area contributed by atoms with Gasteiger partial charge in [0, 0.05) is 31.1 Å². The number of carboxylic acid groups (broad SMARTS) is 1. The van der Waals surface area contributed by atoms with E-state index in [0.717, 1.165) is 17.7 Å². The number of halogens is 2. The minimum Gasteiger partial charge on any atom is -0.478 e. The third kappa shape index (κ3) is 6.24. The molecular formula is C34H28F2N4O5. The molecular weight excluding hydrogens is 582 g/mol. The average Bonchev–Trinajstić information content (AvgIpc) is 3.65. The van der Waals surface area contributed by atoms with Crippen LogP contribution in [0.15, 0.2) is 72.8 Å². The minimum absolute atomic E-state index is 0.0240. The molecule has 0 saturated carbocycles. The zero-order valence-electron chi connectivity index (χ0n) is 24.2. The number of benzene rings is 3. The summed E-state index contributed by atoms with van der Waals surface area (Å²) in [7, 11) is 1.59. The van der Waals surface area contributed by atoms with Gasteiger partial charge in [-0.3, -0.25) is 0 Å². The molecule has 1 aliphatic heterocycles. The maximum absolute atomic E-state index is 15.7. The van der Waals surface area contributed by atoms with Gasteiger partial charge < -0.3 is 23.9 Å². The van der Waals surface area contributed by atoms with Gasteiger partial charge in [0.1, 0.15) is 24.1 Å². The maximum Gasteiger partial charge on any atom is 0.335 e. The molecule has 6 rings (SSSR count). The highest BCUT2D eigenvalue weighted by Gasteiger charge is 2.33. The van der Waals surface area contributed by atoms with Crippen LogP contribution in [0, 0.1) is 28.9 Å². The molecule has 1 saturated heterocycles. The highest BCUT2D eigenvalue weighted by molar-refractivity contribution is 5.92. The SMILES string of the molecule is COC[C@H]1COC[C@H]1n1c(Cc2cc(F)c(-c3cccc(OCc4ccc(C#N)cc4)n3)cc2F)nc2ccc(C(=O)O)cc21. The van der Waals surface area contributed by atoms with E-state index < -0.39 is 17.6 Å². The summed E-state index contributed by atoms with van der Waals surface area (Å²) in [5.41, 5.74) is 2.83. The number of aromatic nitrogens is 3. The molecule has 1 N–H and O–H groups in total. The molecule has 0 radical (unpaired) electrons. The summed E-state index contributed by atoms with van der Waals surface area (Å²) in [5.74, 6) is -1.74. The topological polar surface area (TPSA) is 119 Å². The van der Waals surface area contributed by atoms with Gasteiger partial charge in [-0.15, -0.1) is 0 Å². The predicted molar refractivity (Wildman–Crippen MR) is 160 cm³/mol. The molecule has 0 amide bonds. The number of carbonyl (C=O) groups is 1. The molecule has 3 aromatic carbocycles. The highest BCUT2D eigenvalue weighted by Crippen LogP contribution is 2.34. The zero-order chi connectivity index (χ0) is 31.5. The lowest BCUT2D eigenvalue weighted by molar-refractivity contribution is 0.0697. The Hall–Kier alpha value is -5.18. The summed E-state index contributed by atoms with van der Waals surface area (Å²) < 4.78 is 50.0. The lowest BCUT2D eigenvalue weighted by atomic mass is 10.0. The summed E-state index contributed by atoms with van der Waals surface area (Å²) >= 11 is 0. The first kappa shape index (κ1) is 29.9. The normalized spacial score (nSPS) is 16.1. The molecule has 2 atom stereocenters. The van der Waals surface area contributed by atoms with Crippen LogP contribution in [0.2, 0.25) is 0 Å². The molecule has 5 aromatic rings. The standard InChI is InChI=1S/C34H28F2N4O5/c1-43-17-24-18-44-19-31(24)40-30-12-22(34(41)42)9-10-29(30)38-32(40)13-23-11-27(36)25(14-26(23)35)28-3-2-4-33(39-28)45-16-21-7-5-20(15-37)6-8-21/h2-12,14,24,31H,13,16-19H2,1H3,(H,41,42)/t24-,31+/m0/s1. The number of ether oxygens (including phenoxy) is 3. The predicted octanol–water partition coefficient (Wildman–Crippen LogP) is 5.95. The van der Waals surface area contributed by atoms with E-state index in [9.17, 15) is 9.90 Å². The van der Waals surface area contributed by atoms with Gasteiger partial charge in [-0.05, 0) is 59.7 Å². The number of fused-ring (bicyclic) bond motifs is 1. The molecule has 0 spiro atoms. The van der Waals surface area contributed by atoms with Gasteiger partial charge in [-0.1, -0.05) is 18.2 Å². The van der Waals surface area contributed by atoms with Crippen LogP contribution in [0.25, 0.3) is 22.3 Å². The largest absolute Gasteiger partial charge is 0.478 e. The fraction of sp³-hybridized carbons (Fsp3) is 0.235. The number of rotatable bonds is 10. The maximum atomic E-state index is 15.7. The Morgan fingerprint density at radius 3 is 2.64 bits per heavy atom. The van der Waals surface area contributed by atoms with Crippen molar-refractivity contribution >= 4 is 17.0 Å². The van der Waals surface area contributed by atoms with Gasteiger partial charge in [-0.25, -0.2) is 23.5 Å². The number of methoxy groups -OCH3 is 1. The van der Waals surface area contributed by atoms with Crippen molar-refractivity contribution in [3.63, 3.8) is 0 Å². The Kier molecular flexibility index (Phi) is 8.51. The van der Waals surface area contributed by atoms with Crippen LogP contribution < -0.4 is 4.74 Å². The molecule has 3 heterocycles. The second kappa shape index (κ2) is 12.8. The Labute approximate surface area is 257 Å². The Morgan fingerprint density at radius 1 is 1.07 bits per heavy atom. The fourth-order valence-corrected chi connectivity index (χ4v) is 5.58. The number of nitrogens with zero attached hydrogens (tertiary/aromatic N) is 4. The molecule has 0 aliphatic carbocycles. The quantitative estimate of drug-likeness (QED) is 0.206. The van der Waals surface area contributed by atoms with E-state index in [2.05, 4.69) is 11.1 Å². The summed E-state index contributed by atoms with van der Waals surface area (Å²) in [6, 6.07) is 20.4. The zero-order valence-corrected chi connectivity index (χ0v) is 24.2. The van der Waals surface area contributed by atoms with Crippen molar-refractivity contribution in [3.8, 4) is 23.2 Å². The Balaban J connectivity index is 1.30. The van der Waals surface area contributed by atoms with Crippen LogP contribution in [0.4, 0.5) is 8.78 Å². The first-order valence-corrected chi connectivity index (χ1v) is 14.2. The molecule has 45 heavy (non-hydrogen) atoms. The lowest BCUT2D eigenvalue weighted by Gasteiger charge is -2.22. The smallest absolute Gasteiger partial charge is 0.335 e. The van der Waals surface area contributed by atoms with Gasteiger partial charge in [0.25, 0.3) is 0 Å². The summed E-state index contributed by atoms with van der Waals surface area (Å²) in [6.07, 6.45) is -0.0442. The third-order valence-electron chi connectivity index (χ3n) is 7.84. The number of carboxylic acids is 1. The van der Waals surface area contributed by atoms with E-state index in [4.69, 9.17) is 24.5 Å². The number of hydrogen-bond acceptors (Lipinski definition) is 7. The van der Waals surface area contributed by atoms with Gasteiger partial charge in [0.2, 0.25) is 5.88 Å². The van der Waals surface area contributed by atoms with Gasteiger partial charge >= 0.3 is 5.97 Å². The number of pyridine rings is 1. The summed E-state index contributed by atoms with van der Waals surface area (Å²) in [6.45, 7) is 1.37. The van der Waals surface area contributed by atoms with E-state index in [-0.39, 0.29) is 53.3 Å². The van der Waals surface area contributed by atoms with Crippen LogP contribution >= 0.6 is 0 Å². The molecule has 0 bridgehead atoms. The first-order chi connectivity index (χ1) is 21.8. The van der Waals surface area contributed by atoms with E-state index in [1.165, 1.54) is 6.07 Å². The Bertz CT molecular complexity index is 1920. The van der Waals surface area contributed by atoms with Gasteiger partial charge in [-0.2, -0.15) is 5.26 Å². The van der Waals surface area contributed by atoms with Crippen molar-refractivity contribution in [2.24, 2.45) is 5.92 Å². The number of aromatic carboxylic acids is 1. The third-order valence-corrected chi connectivity index (χ3v) is 7.84. The minimum atomic E-state index is -1.08. The van der Waals surface area contributed by atoms with Crippen molar-refractivity contribution in [2.75, 3.05) is 26.9 Å². The lowest BCUT2D eigenvalue weighted by Crippen LogP contribution is -2.23. The van der Waals surface area contributed by atoms with Crippen molar-refractivity contribution < 1.29 is 32.9 Å². The second-order valence-electron chi connectivity index (χ2n) is 10.8. The van der Waals surface area contributed by atoms with E-state index in [1.807, 2.05) is 4.57 Å². The van der Waals surface area contributed by atoms with Crippen LogP contribution in [0.5, 0.6) is 5.88 Å². The van der Waals surface area contributed by atoms with Crippen LogP contribution in [-0.4, -0.2) is 52.5 Å². The van der Waals surface area contributed by atoms with E-state index >= 15 is 8.78 Å². The van der Waals surface area contributed by atoms with E-state index in [1.54, 1.807) is 61.7 Å². The molecule has 1 fully saturated rings. The number of imidazole rings is 1. The fourth-order valence-electron chi connectivity index (χ4n) is 5.58. The Morgan fingerprint density at radius 2 is 1.89 bits per heavy atom. The number of hydrogen-bond donors (Lipinski definition) is 1. The van der Waals surface area contributed by atoms with Crippen molar-refractivity contribution in [2.45, 2.75) is 19.1 Å². The molecule has 11 heteroatoms. The molecule has 0 unspecified atom stereocenters. The molecule has 2 aromatic heterocycles. The van der Waals surface area contributed by atoms with Crippen molar-refractivity contribution in [1.29, 1.82) is 5.26 Å². The highest BCUT2D eigenvalue weighted by atomic mass is 19.1. The van der Waals surface area contributed by atoms with Gasteiger partial charge in [0.15, 0.2) is 0 Å². The van der Waals surface area contributed by atoms with Gasteiger partial charge in [0.05, 0.1) is 59.8 Å². The summed E-state index contributed by atoms with van der Waals surface area (Å²) in [5, 5.41) is 18.6. The first-order valence-electron chi connectivity index (χ1n) is 14.2. The van der Waals surface area contributed by atoms with E-state index in [0.29, 0.717) is 42.2 Å². The van der Waals surface area contributed by atoms with Crippen molar-refractivity contribution in [3.05, 3.63) is 113 Å². The average molecular weight is 611 g/mol. The van der Waals surface area contributed by atoms with Crippen LogP contribution in [0.3, 0.4) is 0 Å². The second-order valence-corrected chi connectivity index (χ2v) is 10.8. The summed E-state index contributed by atoms with van der Waals surface area (Å²) in [4.78, 5) is 20.8. The number of nitriles is 1. The molecule has 1 aliphatic rings. The monoisotopic (exact) mass is 610 g/mol. The van der Waals surface area contributed by atoms with Crippen LogP contribution in [0.1, 0.15) is 38.9 Å². The molecule has 228 valence electrons.